The summed E-state index contributed by atoms with van der Waals surface area (Å²) < 4.78 is 6.79. The van der Waals surface area contributed by atoms with Crippen LogP contribution in [0.2, 0.25) is 0 Å². The molecular formula is C18H21N5O3S. The van der Waals surface area contributed by atoms with Crippen molar-refractivity contribution >= 4 is 29.0 Å². The van der Waals surface area contributed by atoms with Crippen LogP contribution < -0.4 is 10.9 Å². The normalized spacial score (nSPS) is 11.7. The van der Waals surface area contributed by atoms with Gasteiger partial charge in [0.05, 0.1) is 16.4 Å². The molecule has 0 spiro atoms. The van der Waals surface area contributed by atoms with E-state index in [0.29, 0.717) is 29.0 Å². The van der Waals surface area contributed by atoms with Gasteiger partial charge in [-0.25, -0.2) is 0 Å². The number of aryl methyl sites for hydroxylation is 1. The van der Waals surface area contributed by atoms with Crippen molar-refractivity contribution in [1.29, 1.82) is 0 Å². The van der Waals surface area contributed by atoms with Crippen molar-refractivity contribution in [3.8, 4) is 0 Å². The Kier molecular flexibility index (Phi) is 5.22. The number of carbonyl (C=O) groups is 1. The van der Waals surface area contributed by atoms with Gasteiger partial charge < -0.3 is 14.8 Å². The number of fused-ring (bicyclic) bond motifs is 1. The van der Waals surface area contributed by atoms with Crippen LogP contribution in [-0.4, -0.2) is 25.6 Å². The first-order valence-electron chi connectivity index (χ1n) is 8.67. The summed E-state index contributed by atoms with van der Waals surface area (Å²) in [6.07, 6.45) is 0.720. The maximum Gasteiger partial charge on any atom is 0.262 e. The molecule has 0 aliphatic heterocycles. The van der Waals surface area contributed by atoms with Gasteiger partial charge in [-0.05, 0) is 38.2 Å². The van der Waals surface area contributed by atoms with Gasteiger partial charge in [0.1, 0.15) is 0 Å². The summed E-state index contributed by atoms with van der Waals surface area (Å²) in [5, 5.41) is 7.32. The Balaban J connectivity index is 1.73. The predicted molar refractivity (Wildman–Crippen MR) is 103 cm³/mol. The molecule has 2 heterocycles. The zero-order valence-electron chi connectivity index (χ0n) is 15.4. The van der Waals surface area contributed by atoms with Crippen LogP contribution in [0, 0.1) is 4.77 Å². The molecule has 142 valence electrons. The maximum absolute atomic E-state index is 12.6. The van der Waals surface area contributed by atoms with Gasteiger partial charge in [-0.15, -0.1) is 0 Å². The van der Waals surface area contributed by atoms with Gasteiger partial charge >= 0.3 is 0 Å². The molecule has 0 atom stereocenters. The average molecular weight is 387 g/mol. The molecule has 8 nitrogen and oxygen atoms in total. The highest BCUT2D eigenvalue weighted by molar-refractivity contribution is 7.71. The summed E-state index contributed by atoms with van der Waals surface area (Å²) in [7, 11) is 0. The number of nitrogens with zero attached hydrogens (tertiary/aromatic N) is 3. The highest BCUT2D eigenvalue weighted by atomic mass is 32.1. The van der Waals surface area contributed by atoms with Gasteiger partial charge in [-0.1, -0.05) is 24.2 Å². The number of amides is 1. The van der Waals surface area contributed by atoms with E-state index in [2.05, 4.69) is 20.4 Å². The smallest absolute Gasteiger partial charge is 0.262 e. The third kappa shape index (κ3) is 3.97. The van der Waals surface area contributed by atoms with Crippen LogP contribution in [0.1, 0.15) is 38.9 Å². The zero-order valence-corrected chi connectivity index (χ0v) is 16.2. The zero-order chi connectivity index (χ0) is 19.6. The fraction of sp³-hybridized carbons (Fsp3) is 0.389. The van der Waals surface area contributed by atoms with Crippen LogP contribution >= 0.6 is 12.2 Å². The lowest BCUT2D eigenvalue weighted by molar-refractivity contribution is -0.123. The minimum Gasteiger partial charge on any atom is -0.344 e. The molecule has 9 heteroatoms. The van der Waals surface area contributed by atoms with Crippen molar-refractivity contribution < 1.29 is 9.32 Å². The summed E-state index contributed by atoms with van der Waals surface area (Å²) >= 11 is 5.26. The molecule has 3 rings (SSSR count). The molecule has 2 N–H and O–H groups in total. The fourth-order valence-electron chi connectivity index (χ4n) is 2.73. The van der Waals surface area contributed by atoms with E-state index < -0.39 is 5.54 Å². The third-order valence-corrected chi connectivity index (χ3v) is 4.56. The summed E-state index contributed by atoms with van der Waals surface area (Å²) in [4.78, 5) is 32.3. The van der Waals surface area contributed by atoms with Crippen molar-refractivity contribution in [3.63, 3.8) is 0 Å². The van der Waals surface area contributed by atoms with Crippen molar-refractivity contribution in [2.75, 3.05) is 0 Å². The first-order chi connectivity index (χ1) is 12.8. The molecule has 1 aromatic carbocycles. The molecule has 0 bridgehead atoms. The molecule has 1 amide bonds. The molecule has 2 aromatic heterocycles. The highest BCUT2D eigenvalue weighted by Gasteiger charge is 2.28. The van der Waals surface area contributed by atoms with E-state index in [1.165, 1.54) is 4.57 Å². The van der Waals surface area contributed by atoms with E-state index in [9.17, 15) is 9.59 Å². The molecule has 0 aliphatic carbocycles. The maximum atomic E-state index is 12.6. The number of carbonyl (C=O) groups excluding carboxylic acids is 1. The summed E-state index contributed by atoms with van der Waals surface area (Å²) in [5.41, 5.74) is -0.323. The second kappa shape index (κ2) is 7.43. The number of nitrogens with one attached hydrogen (secondary N) is 2. The molecular weight excluding hydrogens is 366 g/mol. The van der Waals surface area contributed by atoms with Crippen LogP contribution in [-0.2, 0) is 23.3 Å². The molecule has 0 radical (unpaired) electrons. The summed E-state index contributed by atoms with van der Waals surface area (Å²) in [5.74, 6) is 0.687. The number of rotatable bonds is 6. The van der Waals surface area contributed by atoms with Gasteiger partial charge in [0, 0.05) is 19.4 Å². The van der Waals surface area contributed by atoms with Crippen molar-refractivity contribution in [2.24, 2.45) is 0 Å². The lowest BCUT2D eigenvalue weighted by atomic mass is 10.0. The van der Waals surface area contributed by atoms with E-state index >= 15 is 0 Å². The van der Waals surface area contributed by atoms with Gasteiger partial charge in [-0.2, -0.15) is 4.98 Å². The monoisotopic (exact) mass is 387 g/mol. The predicted octanol–water partition coefficient (Wildman–Crippen LogP) is 2.45. The first-order valence-corrected chi connectivity index (χ1v) is 9.08. The molecule has 0 unspecified atom stereocenters. The van der Waals surface area contributed by atoms with Crippen LogP contribution in [0.5, 0.6) is 0 Å². The number of hydrogen-bond donors (Lipinski definition) is 2. The van der Waals surface area contributed by atoms with Crippen LogP contribution in [0.15, 0.2) is 33.6 Å². The molecule has 3 aromatic rings. The van der Waals surface area contributed by atoms with E-state index in [-0.39, 0.29) is 29.2 Å². The number of para-hydroxylation sites is 1. The minimum absolute atomic E-state index is 0.0949. The second-order valence-electron chi connectivity index (χ2n) is 6.72. The second-order valence-corrected chi connectivity index (χ2v) is 7.11. The summed E-state index contributed by atoms with van der Waals surface area (Å²) in [6, 6.07) is 7.14. The van der Waals surface area contributed by atoms with E-state index in [1.807, 2.05) is 13.0 Å². The third-order valence-electron chi connectivity index (χ3n) is 4.23. The Hall–Kier alpha value is -2.81. The quantitative estimate of drug-likeness (QED) is 0.629. The number of aromatic nitrogens is 4. The van der Waals surface area contributed by atoms with Crippen molar-refractivity contribution in [2.45, 2.75) is 45.7 Å². The van der Waals surface area contributed by atoms with Crippen LogP contribution in [0.25, 0.3) is 10.9 Å². The molecule has 0 aliphatic rings. The fourth-order valence-corrected chi connectivity index (χ4v) is 3.02. The largest absolute Gasteiger partial charge is 0.344 e. The number of H-pyrrole nitrogens is 1. The van der Waals surface area contributed by atoms with Crippen LogP contribution in [0.3, 0.4) is 0 Å². The van der Waals surface area contributed by atoms with E-state index in [0.717, 1.165) is 0 Å². The Labute approximate surface area is 160 Å². The molecule has 0 saturated carbocycles. The van der Waals surface area contributed by atoms with E-state index in [1.54, 1.807) is 32.0 Å². The average Bonchev–Trinajstić information content (AvgIpc) is 3.11. The molecule has 0 saturated heterocycles. The lowest BCUT2D eigenvalue weighted by Crippen LogP contribution is -2.42. The van der Waals surface area contributed by atoms with Crippen molar-refractivity contribution in [3.05, 3.63) is 51.1 Å². The Morgan fingerprint density at radius 3 is 2.81 bits per heavy atom. The number of hydrogen-bond acceptors (Lipinski definition) is 6. The number of benzene rings is 1. The number of aromatic amines is 1. The topological polar surface area (TPSA) is 106 Å². The Bertz CT molecular complexity index is 1100. The van der Waals surface area contributed by atoms with Gasteiger partial charge in [-0.3, -0.25) is 14.2 Å². The van der Waals surface area contributed by atoms with Gasteiger partial charge in [0.2, 0.25) is 11.8 Å². The lowest BCUT2D eigenvalue weighted by Gasteiger charge is -2.22. The van der Waals surface area contributed by atoms with E-state index in [4.69, 9.17) is 16.7 Å². The SMILES string of the molecule is CCc1nc(C(C)(C)NC(=O)CCn2c(=S)[nH]c3ccccc3c2=O)no1. The minimum atomic E-state index is -0.786. The van der Waals surface area contributed by atoms with Gasteiger partial charge in [0.25, 0.3) is 5.56 Å². The molecule has 0 fully saturated rings. The first kappa shape index (κ1) is 19.0. The Morgan fingerprint density at radius 1 is 1.37 bits per heavy atom. The van der Waals surface area contributed by atoms with Crippen LogP contribution in [0.4, 0.5) is 0 Å². The van der Waals surface area contributed by atoms with Crippen molar-refractivity contribution in [1.82, 2.24) is 25.0 Å². The molecule has 27 heavy (non-hydrogen) atoms. The Morgan fingerprint density at radius 2 is 2.11 bits per heavy atom. The van der Waals surface area contributed by atoms with Gasteiger partial charge in [0.15, 0.2) is 10.6 Å². The highest BCUT2D eigenvalue weighted by Crippen LogP contribution is 2.17. The summed E-state index contributed by atoms with van der Waals surface area (Å²) in [6.45, 7) is 5.67. The standard InChI is InChI=1S/C18H21N5O3S/c1-4-14-20-16(22-26-14)18(2,3)21-13(24)9-10-23-15(25)11-7-5-6-8-12(11)19-17(23)27/h5-8H,4,9-10H2,1-3H3,(H,19,27)(H,21,24).